The summed E-state index contributed by atoms with van der Waals surface area (Å²) in [5.74, 6) is 1.33. The van der Waals surface area contributed by atoms with Gasteiger partial charge in [0.25, 0.3) is 0 Å². The van der Waals surface area contributed by atoms with Gasteiger partial charge in [-0.3, -0.25) is 0 Å². The second kappa shape index (κ2) is 5.65. The molecule has 0 amide bonds. The molecule has 19 heavy (non-hydrogen) atoms. The second-order valence-corrected chi connectivity index (χ2v) is 4.41. The van der Waals surface area contributed by atoms with E-state index in [0.717, 1.165) is 0 Å². The summed E-state index contributed by atoms with van der Waals surface area (Å²) in [6, 6.07) is 6.31. The molecule has 0 saturated heterocycles. The van der Waals surface area contributed by atoms with E-state index in [4.69, 9.17) is 4.74 Å². The molecule has 100 valence electrons. The maximum Gasteiger partial charge on any atom is 0.165 e. The number of methoxy groups -OCH3 is 1. The number of anilines is 1. The minimum absolute atomic E-state index is 0.261. The van der Waals surface area contributed by atoms with Crippen molar-refractivity contribution in [2.24, 2.45) is 0 Å². The molecule has 0 bridgehead atoms. The first-order valence-corrected chi connectivity index (χ1v) is 6.03. The van der Waals surface area contributed by atoms with E-state index in [9.17, 15) is 4.39 Å². The Morgan fingerprint density at radius 1 is 1.26 bits per heavy atom. The molecule has 2 aromatic rings. The third-order valence-electron chi connectivity index (χ3n) is 2.49. The van der Waals surface area contributed by atoms with E-state index in [1.165, 1.54) is 19.2 Å². The Labute approximate surface area is 111 Å². The van der Waals surface area contributed by atoms with Gasteiger partial charge in [0.1, 0.15) is 17.4 Å². The number of benzene rings is 1. The maximum absolute atomic E-state index is 13.4. The van der Waals surface area contributed by atoms with Crippen LogP contribution in [0.3, 0.4) is 0 Å². The fourth-order valence-corrected chi connectivity index (χ4v) is 1.72. The van der Waals surface area contributed by atoms with Gasteiger partial charge in [0.05, 0.1) is 12.7 Å². The van der Waals surface area contributed by atoms with E-state index >= 15 is 0 Å². The molecule has 0 aliphatic carbocycles. The molecule has 1 aromatic heterocycles. The van der Waals surface area contributed by atoms with Crippen LogP contribution in [0.1, 0.15) is 13.8 Å². The molecular formula is C14H16FN3O. The monoisotopic (exact) mass is 261 g/mol. The Bertz CT molecular complexity index is 572. The van der Waals surface area contributed by atoms with E-state index in [-0.39, 0.29) is 11.9 Å². The molecule has 0 unspecified atom stereocenters. The molecule has 5 heteroatoms. The van der Waals surface area contributed by atoms with Crippen molar-refractivity contribution in [1.82, 2.24) is 9.97 Å². The number of nitrogens with zero attached hydrogens (tertiary/aromatic N) is 2. The molecule has 0 saturated carbocycles. The summed E-state index contributed by atoms with van der Waals surface area (Å²) in [6.07, 6.45) is 1.64. The lowest BCUT2D eigenvalue weighted by molar-refractivity contribution is 0.415. The lowest BCUT2D eigenvalue weighted by atomic mass is 10.2. The van der Waals surface area contributed by atoms with Crippen LogP contribution < -0.4 is 10.1 Å². The third-order valence-corrected chi connectivity index (χ3v) is 2.49. The van der Waals surface area contributed by atoms with Crippen LogP contribution in [0, 0.1) is 5.82 Å². The predicted octanol–water partition coefficient (Wildman–Crippen LogP) is 3.11. The van der Waals surface area contributed by atoms with Crippen molar-refractivity contribution in [3.8, 4) is 17.1 Å². The molecule has 1 heterocycles. The molecule has 0 fully saturated rings. The first-order valence-electron chi connectivity index (χ1n) is 6.03. The summed E-state index contributed by atoms with van der Waals surface area (Å²) < 4.78 is 18.6. The van der Waals surface area contributed by atoms with Crippen molar-refractivity contribution in [1.29, 1.82) is 0 Å². The number of ether oxygens (including phenoxy) is 1. The minimum Gasteiger partial charge on any atom is -0.496 e. The van der Waals surface area contributed by atoms with Gasteiger partial charge < -0.3 is 10.1 Å². The van der Waals surface area contributed by atoms with E-state index in [1.54, 1.807) is 18.3 Å². The lowest BCUT2D eigenvalue weighted by Crippen LogP contribution is -2.11. The Morgan fingerprint density at radius 3 is 2.74 bits per heavy atom. The summed E-state index contributed by atoms with van der Waals surface area (Å²) in [4.78, 5) is 8.53. The van der Waals surface area contributed by atoms with Crippen LogP contribution in [0.5, 0.6) is 5.75 Å². The summed E-state index contributed by atoms with van der Waals surface area (Å²) >= 11 is 0. The number of rotatable bonds is 4. The zero-order chi connectivity index (χ0) is 13.8. The van der Waals surface area contributed by atoms with Crippen molar-refractivity contribution >= 4 is 5.82 Å². The first-order chi connectivity index (χ1) is 9.10. The highest BCUT2D eigenvalue weighted by molar-refractivity contribution is 5.65. The molecule has 1 N–H and O–H groups in total. The normalized spacial score (nSPS) is 10.6. The van der Waals surface area contributed by atoms with Crippen LogP contribution in [0.15, 0.2) is 30.5 Å². The fraction of sp³-hybridized carbons (Fsp3) is 0.286. The average molecular weight is 261 g/mol. The van der Waals surface area contributed by atoms with Crippen molar-refractivity contribution in [3.63, 3.8) is 0 Å². The molecule has 1 aromatic carbocycles. The molecule has 0 spiro atoms. The molecular weight excluding hydrogens is 245 g/mol. The van der Waals surface area contributed by atoms with Gasteiger partial charge in [-0.25, -0.2) is 14.4 Å². The summed E-state index contributed by atoms with van der Waals surface area (Å²) in [5, 5.41) is 3.18. The zero-order valence-corrected chi connectivity index (χ0v) is 11.1. The van der Waals surface area contributed by atoms with Gasteiger partial charge in [0.2, 0.25) is 0 Å². The maximum atomic E-state index is 13.4. The van der Waals surface area contributed by atoms with Gasteiger partial charge in [-0.1, -0.05) is 0 Å². The third kappa shape index (κ3) is 3.19. The Kier molecular flexibility index (Phi) is 3.94. The molecule has 0 atom stereocenters. The lowest BCUT2D eigenvalue weighted by Gasteiger charge is -2.11. The zero-order valence-electron chi connectivity index (χ0n) is 11.1. The second-order valence-electron chi connectivity index (χ2n) is 4.41. The van der Waals surface area contributed by atoms with E-state index < -0.39 is 0 Å². The quantitative estimate of drug-likeness (QED) is 0.918. The van der Waals surface area contributed by atoms with Gasteiger partial charge in [0.15, 0.2) is 5.82 Å². The molecule has 4 nitrogen and oxygen atoms in total. The van der Waals surface area contributed by atoms with Crippen LogP contribution in [0.4, 0.5) is 10.2 Å². The topological polar surface area (TPSA) is 47.0 Å². The standard InChI is InChI=1S/C14H16FN3O/c1-9(2)17-13-6-7-16-14(18-13)11-8-10(15)4-5-12(11)19-3/h4-9H,1-3H3,(H,16,17,18). The highest BCUT2D eigenvalue weighted by atomic mass is 19.1. The van der Waals surface area contributed by atoms with E-state index in [2.05, 4.69) is 15.3 Å². The largest absolute Gasteiger partial charge is 0.496 e. The van der Waals surface area contributed by atoms with Crippen LogP contribution in [-0.4, -0.2) is 23.1 Å². The van der Waals surface area contributed by atoms with Crippen LogP contribution >= 0.6 is 0 Å². The summed E-state index contributed by atoms with van der Waals surface area (Å²) in [5.41, 5.74) is 0.537. The Morgan fingerprint density at radius 2 is 2.05 bits per heavy atom. The minimum atomic E-state index is -0.346. The first kappa shape index (κ1) is 13.3. The number of hydrogen-bond donors (Lipinski definition) is 1. The van der Waals surface area contributed by atoms with Crippen LogP contribution in [0.25, 0.3) is 11.4 Å². The number of nitrogens with one attached hydrogen (secondary N) is 1. The van der Waals surface area contributed by atoms with Gasteiger partial charge in [-0.2, -0.15) is 0 Å². The summed E-state index contributed by atoms with van der Waals surface area (Å²) in [7, 11) is 1.53. The van der Waals surface area contributed by atoms with Gasteiger partial charge >= 0.3 is 0 Å². The number of aromatic nitrogens is 2. The van der Waals surface area contributed by atoms with Crippen LogP contribution in [-0.2, 0) is 0 Å². The van der Waals surface area contributed by atoms with Gasteiger partial charge in [-0.15, -0.1) is 0 Å². The molecule has 0 radical (unpaired) electrons. The molecule has 0 aliphatic rings. The fourth-order valence-electron chi connectivity index (χ4n) is 1.72. The number of hydrogen-bond acceptors (Lipinski definition) is 4. The van der Waals surface area contributed by atoms with Gasteiger partial charge in [0, 0.05) is 12.2 Å². The Balaban J connectivity index is 2.43. The average Bonchev–Trinajstić information content (AvgIpc) is 2.38. The van der Waals surface area contributed by atoms with Crippen molar-refractivity contribution in [2.75, 3.05) is 12.4 Å². The summed E-state index contributed by atoms with van der Waals surface area (Å²) in [6.45, 7) is 4.04. The Hall–Kier alpha value is -2.17. The van der Waals surface area contributed by atoms with Crippen molar-refractivity contribution in [2.45, 2.75) is 19.9 Å². The van der Waals surface area contributed by atoms with E-state index in [1.807, 2.05) is 13.8 Å². The molecule has 2 rings (SSSR count). The van der Waals surface area contributed by atoms with Crippen LogP contribution in [0.2, 0.25) is 0 Å². The predicted molar refractivity (Wildman–Crippen MR) is 72.7 cm³/mol. The number of halogens is 1. The van der Waals surface area contributed by atoms with Gasteiger partial charge in [-0.05, 0) is 38.1 Å². The highest BCUT2D eigenvalue weighted by Gasteiger charge is 2.11. The molecule has 0 aliphatic heterocycles. The van der Waals surface area contributed by atoms with Crippen molar-refractivity contribution < 1.29 is 9.13 Å². The van der Waals surface area contributed by atoms with E-state index in [0.29, 0.717) is 23.0 Å². The van der Waals surface area contributed by atoms with Crippen molar-refractivity contribution in [3.05, 3.63) is 36.3 Å². The highest BCUT2D eigenvalue weighted by Crippen LogP contribution is 2.28. The SMILES string of the molecule is COc1ccc(F)cc1-c1nccc(NC(C)C)n1. The smallest absolute Gasteiger partial charge is 0.165 e.